The van der Waals surface area contributed by atoms with Crippen LogP contribution in [0.3, 0.4) is 0 Å². The van der Waals surface area contributed by atoms with Crippen LogP contribution in [0.2, 0.25) is 0 Å². The molecule has 0 amide bonds. The highest BCUT2D eigenvalue weighted by Crippen LogP contribution is 2.16. The van der Waals surface area contributed by atoms with E-state index in [-0.39, 0.29) is 5.84 Å². The van der Waals surface area contributed by atoms with Crippen molar-refractivity contribution in [1.29, 1.82) is 5.41 Å². The Morgan fingerprint density at radius 1 is 1.44 bits per heavy atom. The van der Waals surface area contributed by atoms with Gasteiger partial charge >= 0.3 is 0 Å². The highest BCUT2D eigenvalue weighted by Gasteiger charge is 2.13. The minimum Gasteiger partial charge on any atom is -0.384 e. The van der Waals surface area contributed by atoms with Crippen molar-refractivity contribution < 1.29 is 0 Å². The van der Waals surface area contributed by atoms with Crippen LogP contribution in [-0.2, 0) is 0 Å². The molecule has 0 saturated heterocycles. The zero-order chi connectivity index (χ0) is 11.7. The van der Waals surface area contributed by atoms with Gasteiger partial charge in [-0.2, -0.15) is 5.10 Å². The number of nitrogens with two attached hydrogens (primary N) is 1. The number of amidine groups is 1. The van der Waals surface area contributed by atoms with E-state index in [1.165, 1.54) is 0 Å². The summed E-state index contributed by atoms with van der Waals surface area (Å²) in [5.41, 5.74) is 8.03. The van der Waals surface area contributed by atoms with Gasteiger partial charge in [-0.05, 0) is 31.5 Å². The van der Waals surface area contributed by atoms with Crippen LogP contribution in [0, 0.1) is 19.3 Å². The maximum atomic E-state index is 7.59. The fourth-order valence-corrected chi connectivity index (χ4v) is 1.71. The summed E-state index contributed by atoms with van der Waals surface area (Å²) < 4.78 is 1.62. The molecule has 2 rings (SSSR count). The van der Waals surface area contributed by atoms with Crippen LogP contribution in [0.4, 0.5) is 0 Å². The van der Waals surface area contributed by atoms with Gasteiger partial charge in [-0.25, -0.2) is 9.67 Å². The molecule has 2 heterocycles. The zero-order valence-electron chi connectivity index (χ0n) is 9.23. The van der Waals surface area contributed by atoms with Crippen LogP contribution in [0.25, 0.3) is 5.82 Å². The van der Waals surface area contributed by atoms with E-state index in [1.807, 2.05) is 26.0 Å². The minimum atomic E-state index is 0.00972. The Balaban J connectivity index is 2.72. The van der Waals surface area contributed by atoms with Crippen molar-refractivity contribution in [3.05, 3.63) is 41.3 Å². The van der Waals surface area contributed by atoms with Crippen molar-refractivity contribution in [2.45, 2.75) is 13.8 Å². The van der Waals surface area contributed by atoms with Gasteiger partial charge in [0.25, 0.3) is 0 Å². The van der Waals surface area contributed by atoms with E-state index in [1.54, 1.807) is 17.1 Å². The number of hydrogen-bond donors (Lipinski definition) is 2. The number of rotatable bonds is 2. The van der Waals surface area contributed by atoms with Gasteiger partial charge in [0, 0.05) is 18.1 Å². The molecule has 0 radical (unpaired) electrons. The molecule has 82 valence electrons. The summed E-state index contributed by atoms with van der Waals surface area (Å²) in [6, 6.07) is 3.72. The number of hydrogen-bond acceptors (Lipinski definition) is 3. The molecule has 0 spiro atoms. The van der Waals surface area contributed by atoms with E-state index in [0.29, 0.717) is 11.4 Å². The van der Waals surface area contributed by atoms with Crippen molar-refractivity contribution in [2.75, 3.05) is 0 Å². The quantitative estimate of drug-likeness (QED) is 0.582. The minimum absolute atomic E-state index is 0.00972. The molecular formula is C11H13N5. The molecule has 0 unspecified atom stereocenters. The molecule has 0 fully saturated rings. The van der Waals surface area contributed by atoms with Crippen molar-refractivity contribution in [1.82, 2.24) is 14.8 Å². The molecule has 0 saturated carbocycles. The molecule has 0 aliphatic carbocycles. The fraction of sp³-hybridized carbons (Fsp3) is 0.182. The van der Waals surface area contributed by atoms with Gasteiger partial charge in [0.05, 0.1) is 5.56 Å². The van der Waals surface area contributed by atoms with Crippen LogP contribution in [0.5, 0.6) is 0 Å². The predicted octanol–water partition coefficient (Wildman–Crippen LogP) is 1.17. The predicted molar refractivity (Wildman–Crippen MR) is 61.8 cm³/mol. The first-order chi connectivity index (χ1) is 7.59. The summed E-state index contributed by atoms with van der Waals surface area (Å²) in [6.45, 7) is 3.82. The molecule has 16 heavy (non-hydrogen) atoms. The number of nitrogen functional groups attached to an aromatic ring is 1. The van der Waals surface area contributed by atoms with Crippen LogP contribution >= 0.6 is 0 Å². The monoisotopic (exact) mass is 215 g/mol. The third kappa shape index (κ3) is 1.67. The summed E-state index contributed by atoms with van der Waals surface area (Å²) in [6.07, 6.45) is 3.46. The van der Waals surface area contributed by atoms with E-state index in [2.05, 4.69) is 10.1 Å². The molecular weight excluding hydrogens is 202 g/mol. The number of aromatic nitrogens is 3. The van der Waals surface area contributed by atoms with Gasteiger partial charge in [-0.15, -0.1) is 0 Å². The number of nitrogens with one attached hydrogen (secondary N) is 1. The molecule has 5 heteroatoms. The lowest BCUT2D eigenvalue weighted by molar-refractivity contribution is 0.835. The Morgan fingerprint density at radius 2 is 2.19 bits per heavy atom. The van der Waals surface area contributed by atoms with E-state index in [0.717, 1.165) is 11.3 Å². The third-order valence-corrected chi connectivity index (χ3v) is 2.32. The summed E-state index contributed by atoms with van der Waals surface area (Å²) in [5, 5.41) is 11.7. The second-order valence-corrected chi connectivity index (χ2v) is 3.64. The first kappa shape index (κ1) is 10.4. The zero-order valence-corrected chi connectivity index (χ0v) is 9.23. The summed E-state index contributed by atoms with van der Waals surface area (Å²) >= 11 is 0. The number of pyridine rings is 1. The average Bonchev–Trinajstić information content (AvgIpc) is 2.67. The molecule has 3 N–H and O–H groups in total. The highest BCUT2D eigenvalue weighted by atomic mass is 15.3. The SMILES string of the molecule is Cc1cc(C)c(C(=N)N)c(-n2cccn2)n1. The van der Waals surface area contributed by atoms with E-state index < -0.39 is 0 Å². The molecule has 2 aromatic heterocycles. The second kappa shape index (κ2) is 3.77. The van der Waals surface area contributed by atoms with Gasteiger partial charge in [-0.3, -0.25) is 5.41 Å². The summed E-state index contributed by atoms with van der Waals surface area (Å²) in [5.74, 6) is 0.616. The van der Waals surface area contributed by atoms with Gasteiger partial charge in [-0.1, -0.05) is 0 Å². The Labute approximate surface area is 93.4 Å². The lowest BCUT2D eigenvalue weighted by atomic mass is 10.1. The molecule has 5 nitrogen and oxygen atoms in total. The largest absolute Gasteiger partial charge is 0.384 e. The Morgan fingerprint density at radius 3 is 2.75 bits per heavy atom. The van der Waals surface area contributed by atoms with Crippen LogP contribution in [-0.4, -0.2) is 20.6 Å². The molecule has 0 aliphatic heterocycles. The van der Waals surface area contributed by atoms with E-state index >= 15 is 0 Å². The molecule has 0 bridgehead atoms. The first-order valence-electron chi connectivity index (χ1n) is 4.92. The Hall–Kier alpha value is -2.17. The fourth-order valence-electron chi connectivity index (χ4n) is 1.71. The van der Waals surface area contributed by atoms with Gasteiger partial charge in [0.15, 0.2) is 5.82 Å². The molecule has 0 aromatic carbocycles. The molecule has 0 atom stereocenters. The third-order valence-electron chi connectivity index (χ3n) is 2.32. The van der Waals surface area contributed by atoms with Gasteiger partial charge < -0.3 is 5.73 Å². The molecule has 2 aromatic rings. The van der Waals surface area contributed by atoms with Crippen molar-refractivity contribution in [3.63, 3.8) is 0 Å². The van der Waals surface area contributed by atoms with Crippen molar-refractivity contribution in [3.8, 4) is 5.82 Å². The maximum absolute atomic E-state index is 7.59. The van der Waals surface area contributed by atoms with Crippen molar-refractivity contribution >= 4 is 5.84 Å². The summed E-state index contributed by atoms with van der Waals surface area (Å²) in [7, 11) is 0. The summed E-state index contributed by atoms with van der Waals surface area (Å²) in [4.78, 5) is 4.38. The van der Waals surface area contributed by atoms with Crippen LogP contribution < -0.4 is 5.73 Å². The number of aryl methyl sites for hydroxylation is 2. The topological polar surface area (TPSA) is 80.6 Å². The van der Waals surface area contributed by atoms with Crippen LogP contribution in [0.1, 0.15) is 16.8 Å². The van der Waals surface area contributed by atoms with E-state index in [4.69, 9.17) is 11.1 Å². The molecule has 0 aliphatic rings. The number of nitrogens with zero attached hydrogens (tertiary/aromatic N) is 3. The van der Waals surface area contributed by atoms with Gasteiger partial charge in [0.1, 0.15) is 5.84 Å². The second-order valence-electron chi connectivity index (χ2n) is 3.64. The first-order valence-corrected chi connectivity index (χ1v) is 4.92. The smallest absolute Gasteiger partial charge is 0.164 e. The average molecular weight is 215 g/mol. The van der Waals surface area contributed by atoms with E-state index in [9.17, 15) is 0 Å². The maximum Gasteiger partial charge on any atom is 0.164 e. The Kier molecular flexibility index (Phi) is 2.44. The van der Waals surface area contributed by atoms with Crippen molar-refractivity contribution in [2.24, 2.45) is 5.73 Å². The Bertz CT molecular complexity index is 528. The lowest BCUT2D eigenvalue weighted by Crippen LogP contribution is -2.18. The van der Waals surface area contributed by atoms with Crippen LogP contribution in [0.15, 0.2) is 24.5 Å². The highest BCUT2D eigenvalue weighted by molar-refractivity contribution is 5.99. The standard InChI is InChI=1S/C11H13N5/c1-7-6-8(2)15-11(9(7)10(12)13)16-5-3-4-14-16/h3-6H,1-2H3,(H3,12,13). The lowest BCUT2D eigenvalue weighted by Gasteiger charge is -2.11. The normalized spacial score (nSPS) is 10.4. The van der Waals surface area contributed by atoms with Gasteiger partial charge in [0.2, 0.25) is 0 Å².